The molecule has 1 amide bonds. The number of nitrogens with zero attached hydrogens (tertiary/aromatic N) is 1. The molecule has 110 valence electrons. The molecule has 2 aliphatic rings. The highest BCUT2D eigenvalue weighted by molar-refractivity contribution is 5.94. The van der Waals surface area contributed by atoms with Crippen molar-refractivity contribution in [3.05, 3.63) is 29.8 Å². The highest BCUT2D eigenvalue weighted by Crippen LogP contribution is 2.24. The summed E-state index contributed by atoms with van der Waals surface area (Å²) in [6.45, 7) is 3.67. The number of carbonyl (C=O) groups is 1. The van der Waals surface area contributed by atoms with Crippen LogP contribution in [0.1, 0.15) is 12.0 Å². The Morgan fingerprint density at radius 1 is 1.29 bits per heavy atom. The van der Waals surface area contributed by atoms with Crippen molar-refractivity contribution >= 4 is 5.91 Å². The number of ether oxygens (including phenoxy) is 1. The van der Waals surface area contributed by atoms with Crippen LogP contribution in [0.25, 0.3) is 0 Å². The molecule has 21 heavy (non-hydrogen) atoms. The van der Waals surface area contributed by atoms with Crippen LogP contribution in [-0.2, 0) is 4.79 Å². The van der Waals surface area contributed by atoms with E-state index in [1.807, 2.05) is 29.2 Å². The topological polar surface area (TPSA) is 41.6 Å². The van der Waals surface area contributed by atoms with Gasteiger partial charge in [0.1, 0.15) is 5.75 Å². The number of fused-ring (bicyclic) bond motifs is 2. The zero-order valence-electron chi connectivity index (χ0n) is 12.3. The van der Waals surface area contributed by atoms with Crippen LogP contribution in [0.4, 0.5) is 0 Å². The Bertz CT molecular complexity index is 576. The SMILES string of the molecule is COc1ccccc1C#CC(=O)N1C[C@@H]2CNC[C@@H](C2)C1. The van der Waals surface area contributed by atoms with Gasteiger partial charge in [-0.2, -0.15) is 0 Å². The minimum Gasteiger partial charge on any atom is -0.495 e. The summed E-state index contributed by atoms with van der Waals surface area (Å²) in [5.74, 6) is 7.51. The lowest BCUT2D eigenvalue weighted by Gasteiger charge is -2.40. The molecule has 2 fully saturated rings. The summed E-state index contributed by atoms with van der Waals surface area (Å²) in [5, 5.41) is 3.43. The van der Waals surface area contributed by atoms with E-state index < -0.39 is 0 Å². The molecule has 1 N–H and O–H groups in total. The number of rotatable bonds is 1. The number of piperidine rings is 2. The molecule has 2 atom stereocenters. The number of likely N-dealkylation sites (tertiary alicyclic amines) is 1. The summed E-state index contributed by atoms with van der Waals surface area (Å²) in [5.41, 5.74) is 0.757. The number of benzene rings is 1. The van der Waals surface area contributed by atoms with Gasteiger partial charge in [-0.05, 0) is 43.5 Å². The van der Waals surface area contributed by atoms with E-state index in [1.165, 1.54) is 6.42 Å². The molecular formula is C17H20N2O2. The summed E-state index contributed by atoms with van der Waals surface area (Å²) in [7, 11) is 1.61. The molecule has 0 unspecified atom stereocenters. The number of nitrogens with one attached hydrogen (secondary N) is 1. The van der Waals surface area contributed by atoms with Gasteiger partial charge in [-0.25, -0.2) is 0 Å². The zero-order valence-corrected chi connectivity index (χ0v) is 12.3. The highest BCUT2D eigenvalue weighted by Gasteiger charge is 2.31. The monoisotopic (exact) mass is 284 g/mol. The second kappa shape index (κ2) is 6.19. The lowest BCUT2D eigenvalue weighted by Crippen LogP contribution is -2.52. The molecule has 1 aromatic carbocycles. The van der Waals surface area contributed by atoms with Gasteiger partial charge in [0.2, 0.25) is 0 Å². The summed E-state index contributed by atoms with van der Waals surface area (Å²) in [6.07, 6.45) is 1.23. The Balaban J connectivity index is 1.71. The Hall–Kier alpha value is -1.99. The van der Waals surface area contributed by atoms with E-state index in [2.05, 4.69) is 17.2 Å². The number of carbonyl (C=O) groups excluding carboxylic acids is 1. The lowest BCUT2D eigenvalue weighted by atomic mass is 9.86. The first kappa shape index (κ1) is 14.0. The summed E-state index contributed by atoms with van der Waals surface area (Å²) < 4.78 is 5.25. The fourth-order valence-corrected chi connectivity index (χ4v) is 3.22. The van der Waals surface area contributed by atoms with Crippen LogP contribution in [-0.4, -0.2) is 44.1 Å². The lowest BCUT2D eigenvalue weighted by molar-refractivity contribution is -0.128. The first-order valence-electron chi connectivity index (χ1n) is 7.41. The van der Waals surface area contributed by atoms with Crippen molar-refractivity contribution < 1.29 is 9.53 Å². The maximum atomic E-state index is 12.3. The van der Waals surface area contributed by atoms with Crippen LogP contribution >= 0.6 is 0 Å². The molecule has 4 nitrogen and oxygen atoms in total. The van der Waals surface area contributed by atoms with Crippen molar-refractivity contribution in [2.24, 2.45) is 11.8 Å². The van der Waals surface area contributed by atoms with Gasteiger partial charge >= 0.3 is 0 Å². The zero-order chi connectivity index (χ0) is 14.7. The maximum absolute atomic E-state index is 12.3. The number of hydrogen-bond donors (Lipinski definition) is 1. The molecule has 0 saturated carbocycles. The third-order valence-electron chi connectivity index (χ3n) is 4.19. The van der Waals surface area contributed by atoms with Gasteiger partial charge in [-0.15, -0.1) is 0 Å². The Morgan fingerprint density at radius 3 is 2.71 bits per heavy atom. The average molecular weight is 284 g/mol. The van der Waals surface area contributed by atoms with Crippen LogP contribution in [0.15, 0.2) is 24.3 Å². The van der Waals surface area contributed by atoms with Crippen LogP contribution in [0.2, 0.25) is 0 Å². The number of methoxy groups -OCH3 is 1. The standard InChI is InChI=1S/C17H20N2O2/c1-21-16-5-3-2-4-15(16)6-7-17(20)19-11-13-8-14(12-19)10-18-9-13/h2-5,13-14,18H,8-12H2,1H3/t13-,14+. The van der Waals surface area contributed by atoms with Crippen molar-refractivity contribution in [3.8, 4) is 17.6 Å². The van der Waals surface area contributed by atoms with Gasteiger partial charge in [0.25, 0.3) is 5.91 Å². The minimum atomic E-state index is -0.0718. The first-order valence-corrected chi connectivity index (χ1v) is 7.41. The molecule has 0 aromatic heterocycles. The second-order valence-corrected chi connectivity index (χ2v) is 5.79. The number of amides is 1. The predicted molar refractivity (Wildman–Crippen MR) is 80.9 cm³/mol. The van der Waals surface area contributed by atoms with Crippen molar-refractivity contribution in [1.82, 2.24) is 10.2 Å². The van der Waals surface area contributed by atoms with Crippen LogP contribution in [0.3, 0.4) is 0 Å². The minimum absolute atomic E-state index is 0.0718. The van der Waals surface area contributed by atoms with Gasteiger partial charge < -0.3 is 15.0 Å². The van der Waals surface area contributed by atoms with Gasteiger partial charge in [0.15, 0.2) is 0 Å². The molecule has 2 saturated heterocycles. The van der Waals surface area contributed by atoms with Crippen molar-refractivity contribution in [2.45, 2.75) is 6.42 Å². The molecule has 3 rings (SSSR count). The van der Waals surface area contributed by atoms with Crippen LogP contribution < -0.4 is 10.1 Å². The quantitative estimate of drug-likeness (QED) is 0.786. The predicted octanol–water partition coefficient (Wildman–Crippen LogP) is 1.11. The van der Waals surface area contributed by atoms with E-state index in [1.54, 1.807) is 7.11 Å². The molecule has 2 heterocycles. The highest BCUT2D eigenvalue weighted by atomic mass is 16.5. The van der Waals surface area contributed by atoms with Crippen molar-refractivity contribution in [2.75, 3.05) is 33.3 Å². The van der Waals surface area contributed by atoms with Gasteiger partial charge in [-0.1, -0.05) is 18.1 Å². The molecule has 2 bridgehead atoms. The largest absolute Gasteiger partial charge is 0.495 e. The molecule has 4 heteroatoms. The van der Waals surface area contributed by atoms with Crippen molar-refractivity contribution in [1.29, 1.82) is 0 Å². The van der Waals surface area contributed by atoms with E-state index in [4.69, 9.17) is 4.74 Å². The molecule has 0 aliphatic carbocycles. The average Bonchev–Trinajstić information content (AvgIpc) is 2.52. The van der Waals surface area contributed by atoms with E-state index in [9.17, 15) is 4.79 Å². The van der Waals surface area contributed by atoms with E-state index >= 15 is 0 Å². The Kier molecular flexibility index (Phi) is 4.12. The first-order chi connectivity index (χ1) is 10.3. The van der Waals surface area contributed by atoms with E-state index in [0.717, 1.165) is 31.7 Å². The third kappa shape index (κ3) is 3.20. The Morgan fingerprint density at radius 2 is 2.00 bits per heavy atom. The summed E-state index contributed by atoms with van der Waals surface area (Å²) >= 11 is 0. The molecule has 0 spiro atoms. The maximum Gasteiger partial charge on any atom is 0.298 e. The second-order valence-electron chi connectivity index (χ2n) is 5.79. The summed E-state index contributed by atoms with van der Waals surface area (Å²) in [6, 6.07) is 7.51. The molecular weight excluding hydrogens is 264 g/mol. The smallest absolute Gasteiger partial charge is 0.298 e. The fourth-order valence-electron chi connectivity index (χ4n) is 3.22. The van der Waals surface area contributed by atoms with E-state index in [0.29, 0.717) is 17.6 Å². The normalized spacial score (nSPS) is 24.0. The van der Waals surface area contributed by atoms with E-state index in [-0.39, 0.29) is 5.91 Å². The van der Waals surface area contributed by atoms with Crippen LogP contribution in [0.5, 0.6) is 5.75 Å². The molecule has 2 aliphatic heterocycles. The number of hydrogen-bond acceptors (Lipinski definition) is 3. The van der Waals surface area contributed by atoms with Gasteiger partial charge in [0.05, 0.1) is 12.7 Å². The Labute approximate surface area is 125 Å². The van der Waals surface area contributed by atoms with Gasteiger partial charge in [-0.3, -0.25) is 4.79 Å². The fraction of sp³-hybridized carbons (Fsp3) is 0.471. The van der Waals surface area contributed by atoms with Crippen LogP contribution in [0, 0.1) is 23.7 Å². The van der Waals surface area contributed by atoms with Gasteiger partial charge in [0, 0.05) is 19.0 Å². The number of para-hydroxylation sites is 1. The summed E-state index contributed by atoms with van der Waals surface area (Å²) in [4.78, 5) is 14.2. The third-order valence-corrected chi connectivity index (χ3v) is 4.19. The molecule has 0 radical (unpaired) electrons. The van der Waals surface area contributed by atoms with Crippen molar-refractivity contribution in [3.63, 3.8) is 0 Å². The molecule has 1 aromatic rings.